The summed E-state index contributed by atoms with van der Waals surface area (Å²) < 4.78 is 21.7. The number of nitrogens with two attached hydrogens (primary N) is 1. The summed E-state index contributed by atoms with van der Waals surface area (Å²) in [4.78, 5) is 9.27. The van der Waals surface area contributed by atoms with Gasteiger partial charge in [0.15, 0.2) is 0 Å². The van der Waals surface area contributed by atoms with E-state index in [1.54, 1.807) is 0 Å². The predicted octanol–water partition coefficient (Wildman–Crippen LogP) is 0.896. The standard InChI is InChI=1S/C6H5ClN2O4S/c7-5-3-4(9(10)11)1-2-6(5)14(8,12)13/h1-3H,(H2,8,12,13). The van der Waals surface area contributed by atoms with Crippen LogP contribution in [0.3, 0.4) is 0 Å². The van der Waals surface area contributed by atoms with Crippen LogP contribution in [0.15, 0.2) is 23.1 Å². The molecule has 0 fully saturated rings. The fourth-order valence-electron chi connectivity index (χ4n) is 0.834. The van der Waals surface area contributed by atoms with E-state index in [9.17, 15) is 18.5 Å². The first-order valence-electron chi connectivity index (χ1n) is 3.29. The monoisotopic (exact) mass is 236 g/mol. The number of sulfonamides is 1. The van der Waals surface area contributed by atoms with E-state index in [4.69, 9.17) is 16.7 Å². The van der Waals surface area contributed by atoms with Gasteiger partial charge in [-0.05, 0) is 6.07 Å². The second-order valence-electron chi connectivity index (χ2n) is 2.42. The molecule has 0 aromatic heterocycles. The third-order valence-electron chi connectivity index (χ3n) is 1.43. The summed E-state index contributed by atoms with van der Waals surface area (Å²) in [5, 5.41) is 14.8. The van der Waals surface area contributed by atoms with Gasteiger partial charge in [-0.15, -0.1) is 0 Å². The Bertz CT molecular complexity index is 485. The smallest absolute Gasteiger partial charge is 0.258 e. The zero-order chi connectivity index (χ0) is 10.9. The lowest BCUT2D eigenvalue weighted by Gasteiger charge is -2.00. The lowest BCUT2D eigenvalue weighted by molar-refractivity contribution is -0.384. The van der Waals surface area contributed by atoms with Crippen LogP contribution in [0.5, 0.6) is 0 Å². The van der Waals surface area contributed by atoms with Crippen molar-refractivity contribution in [1.29, 1.82) is 0 Å². The zero-order valence-corrected chi connectivity index (χ0v) is 8.25. The van der Waals surface area contributed by atoms with E-state index in [-0.39, 0.29) is 15.6 Å². The topological polar surface area (TPSA) is 103 Å². The van der Waals surface area contributed by atoms with Gasteiger partial charge in [0, 0.05) is 12.1 Å². The van der Waals surface area contributed by atoms with Crippen molar-refractivity contribution in [3.05, 3.63) is 33.3 Å². The number of primary sulfonamides is 1. The summed E-state index contributed by atoms with van der Waals surface area (Å²) in [5.41, 5.74) is -0.289. The van der Waals surface area contributed by atoms with Crippen molar-refractivity contribution in [3.8, 4) is 0 Å². The summed E-state index contributed by atoms with van der Waals surface area (Å²) >= 11 is 5.49. The molecule has 0 radical (unpaired) electrons. The van der Waals surface area contributed by atoms with Crippen LogP contribution in [0.4, 0.5) is 5.69 Å². The molecule has 6 nitrogen and oxygen atoms in total. The third kappa shape index (κ3) is 2.19. The molecule has 2 N–H and O–H groups in total. The Balaban J connectivity index is 3.35. The van der Waals surface area contributed by atoms with E-state index >= 15 is 0 Å². The Morgan fingerprint density at radius 2 is 2.00 bits per heavy atom. The van der Waals surface area contributed by atoms with Gasteiger partial charge < -0.3 is 0 Å². The van der Waals surface area contributed by atoms with Crippen LogP contribution in [0.1, 0.15) is 0 Å². The zero-order valence-electron chi connectivity index (χ0n) is 6.68. The molecule has 1 aromatic rings. The molecule has 1 aromatic carbocycles. The number of hydrogen-bond donors (Lipinski definition) is 1. The maximum absolute atomic E-state index is 10.9. The molecular formula is C6H5ClN2O4S. The number of halogens is 1. The van der Waals surface area contributed by atoms with Crippen LogP contribution in [0.25, 0.3) is 0 Å². The predicted molar refractivity (Wildman–Crippen MR) is 49.5 cm³/mol. The van der Waals surface area contributed by atoms with Crippen LogP contribution in [-0.2, 0) is 10.0 Å². The Morgan fingerprint density at radius 3 is 2.36 bits per heavy atom. The molecule has 0 saturated heterocycles. The van der Waals surface area contributed by atoms with Gasteiger partial charge in [-0.25, -0.2) is 13.6 Å². The number of non-ortho nitro benzene ring substituents is 1. The Hall–Kier alpha value is -1.18. The first kappa shape index (κ1) is 10.9. The number of hydrogen-bond acceptors (Lipinski definition) is 4. The van der Waals surface area contributed by atoms with E-state index in [0.717, 1.165) is 18.2 Å². The number of rotatable bonds is 2. The average Bonchev–Trinajstić information content (AvgIpc) is 2.01. The maximum Gasteiger partial charge on any atom is 0.271 e. The summed E-state index contributed by atoms with van der Waals surface area (Å²) in [7, 11) is -3.93. The Labute approximate surface area is 84.5 Å². The van der Waals surface area contributed by atoms with Gasteiger partial charge >= 0.3 is 0 Å². The van der Waals surface area contributed by atoms with E-state index in [0.29, 0.717) is 0 Å². The van der Waals surface area contributed by atoms with Crippen molar-refractivity contribution in [2.24, 2.45) is 5.14 Å². The molecule has 0 aliphatic rings. The molecule has 0 heterocycles. The van der Waals surface area contributed by atoms with Gasteiger partial charge in [-0.3, -0.25) is 10.1 Å². The van der Waals surface area contributed by atoms with Gasteiger partial charge in [0.2, 0.25) is 10.0 Å². The number of nitrogens with zero attached hydrogens (tertiary/aromatic N) is 1. The normalized spacial score (nSPS) is 11.3. The highest BCUT2D eigenvalue weighted by Gasteiger charge is 2.16. The molecule has 14 heavy (non-hydrogen) atoms. The molecule has 0 unspecified atom stereocenters. The Kier molecular flexibility index (Phi) is 2.74. The lowest BCUT2D eigenvalue weighted by atomic mass is 10.3. The van der Waals surface area contributed by atoms with Crippen LogP contribution in [0, 0.1) is 10.1 Å². The quantitative estimate of drug-likeness (QED) is 0.608. The SMILES string of the molecule is NS(=O)(=O)c1ccc([N+](=O)[O-])cc1Cl. The van der Waals surface area contributed by atoms with E-state index in [1.165, 1.54) is 0 Å². The van der Waals surface area contributed by atoms with Crippen molar-refractivity contribution in [2.75, 3.05) is 0 Å². The van der Waals surface area contributed by atoms with Gasteiger partial charge in [-0.1, -0.05) is 11.6 Å². The van der Waals surface area contributed by atoms with Gasteiger partial charge in [0.25, 0.3) is 5.69 Å². The van der Waals surface area contributed by atoms with Crippen molar-refractivity contribution >= 4 is 27.3 Å². The minimum Gasteiger partial charge on any atom is -0.258 e. The van der Waals surface area contributed by atoms with Crippen LogP contribution < -0.4 is 5.14 Å². The highest BCUT2D eigenvalue weighted by atomic mass is 35.5. The maximum atomic E-state index is 10.9. The lowest BCUT2D eigenvalue weighted by Crippen LogP contribution is -2.12. The highest BCUT2D eigenvalue weighted by Crippen LogP contribution is 2.24. The van der Waals surface area contributed by atoms with Gasteiger partial charge in [-0.2, -0.15) is 0 Å². The van der Waals surface area contributed by atoms with Crippen LogP contribution >= 0.6 is 11.6 Å². The summed E-state index contributed by atoms with van der Waals surface area (Å²) in [6, 6.07) is 2.95. The second-order valence-corrected chi connectivity index (χ2v) is 4.35. The minimum atomic E-state index is -3.93. The van der Waals surface area contributed by atoms with E-state index in [2.05, 4.69) is 0 Å². The molecule has 8 heteroatoms. The molecule has 1 rings (SSSR count). The number of nitro groups is 1. The van der Waals surface area contributed by atoms with Crippen LogP contribution in [-0.4, -0.2) is 13.3 Å². The summed E-state index contributed by atoms with van der Waals surface area (Å²) in [6.45, 7) is 0. The molecule has 0 aliphatic carbocycles. The molecule has 0 saturated carbocycles. The highest BCUT2D eigenvalue weighted by molar-refractivity contribution is 7.89. The average molecular weight is 237 g/mol. The molecule has 0 amide bonds. The van der Waals surface area contributed by atoms with Crippen molar-refractivity contribution in [1.82, 2.24) is 0 Å². The van der Waals surface area contributed by atoms with Crippen molar-refractivity contribution in [3.63, 3.8) is 0 Å². The Morgan fingerprint density at radius 1 is 1.43 bits per heavy atom. The van der Waals surface area contributed by atoms with Crippen LogP contribution in [0.2, 0.25) is 5.02 Å². The molecule has 0 atom stereocenters. The van der Waals surface area contributed by atoms with Gasteiger partial charge in [0.1, 0.15) is 4.90 Å². The number of nitro benzene ring substituents is 1. The van der Waals surface area contributed by atoms with E-state index in [1.807, 2.05) is 0 Å². The largest absolute Gasteiger partial charge is 0.271 e. The van der Waals surface area contributed by atoms with Gasteiger partial charge in [0.05, 0.1) is 9.95 Å². The number of benzene rings is 1. The van der Waals surface area contributed by atoms with Crippen molar-refractivity contribution in [2.45, 2.75) is 4.90 Å². The van der Waals surface area contributed by atoms with E-state index < -0.39 is 14.9 Å². The summed E-state index contributed by atoms with van der Waals surface area (Å²) in [6.07, 6.45) is 0. The third-order valence-corrected chi connectivity index (χ3v) is 2.83. The second kappa shape index (κ2) is 3.52. The molecule has 0 bridgehead atoms. The first-order valence-corrected chi connectivity index (χ1v) is 5.21. The molecular weight excluding hydrogens is 232 g/mol. The first-order chi connectivity index (χ1) is 6.32. The fourth-order valence-corrected chi connectivity index (χ4v) is 1.92. The molecule has 0 spiro atoms. The summed E-state index contributed by atoms with van der Waals surface area (Å²) in [5.74, 6) is 0. The molecule has 0 aliphatic heterocycles. The molecule has 76 valence electrons. The fraction of sp³-hybridized carbons (Fsp3) is 0. The van der Waals surface area contributed by atoms with Crippen molar-refractivity contribution < 1.29 is 13.3 Å². The minimum absolute atomic E-state index is 0.262.